The van der Waals surface area contributed by atoms with Crippen LogP contribution in [0.1, 0.15) is 18.9 Å². The zero-order valence-electron chi connectivity index (χ0n) is 11.5. The van der Waals surface area contributed by atoms with Gasteiger partial charge in [-0.15, -0.1) is 0 Å². The van der Waals surface area contributed by atoms with E-state index in [2.05, 4.69) is 31.0 Å². The average Bonchev–Trinajstić information content (AvgIpc) is 2.42. The largest absolute Gasteiger partial charge is 0.496 e. The van der Waals surface area contributed by atoms with E-state index < -0.39 is 0 Å². The van der Waals surface area contributed by atoms with Crippen LogP contribution in [-0.2, 0) is 6.42 Å². The second-order valence-corrected chi connectivity index (χ2v) is 4.56. The summed E-state index contributed by atoms with van der Waals surface area (Å²) >= 11 is 0. The van der Waals surface area contributed by atoms with Gasteiger partial charge in [0.1, 0.15) is 5.75 Å². The van der Waals surface area contributed by atoms with Crippen molar-refractivity contribution in [1.82, 2.24) is 4.90 Å². The van der Waals surface area contributed by atoms with Gasteiger partial charge in [-0.1, -0.05) is 25.1 Å². The predicted molar refractivity (Wildman–Crippen MR) is 73.6 cm³/mol. The van der Waals surface area contributed by atoms with Gasteiger partial charge in [0.05, 0.1) is 19.1 Å². The number of rotatable bonds is 7. The number of hydrogen-bond acceptors (Lipinski definition) is 3. The maximum Gasteiger partial charge on any atom is 0.122 e. The molecule has 1 unspecified atom stereocenters. The van der Waals surface area contributed by atoms with Crippen molar-refractivity contribution in [2.45, 2.75) is 19.8 Å². The Hall–Kier alpha value is -1.53. The Bertz CT molecular complexity index is 398. The first-order valence-corrected chi connectivity index (χ1v) is 6.41. The summed E-state index contributed by atoms with van der Waals surface area (Å²) in [5.74, 6) is 1.07. The minimum atomic E-state index is 0.132. The molecule has 1 aromatic carbocycles. The van der Waals surface area contributed by atoms with E-state index in [1.807, 2.05) is 18.2 Å². The molecule has 3 nitrogen and oxygen atoms in total. The minimum Gasteiger partial charge on any atom is -0.496 e. The lowest BCUT2D eigenvalue weighted by Gasteiger charge is -2.19. The Morgan fingerprint density at radius 2 is 2.11 bits per heavy atom. The fraction of sp³-hybridized carbons (Fsp3) is 0.533. The first-order valence-electron chi connectivity index (χ1n) is 6.41. The van der Waals surface area contributed by atoms with Gasteiger partial charge in [0, 0.05) is 13.1 Å². The number of para-hydroxylation sites is 1. The van der Waals surface area contributed by atoms with Gasteiger partial charge in [0.15, 0.2) is 0 Å². The highest BCUT2D eigenvalue weighted by molar-refractivity contribution is 5.33. The highest BCUT2D eigenvalue weighted by Crippen LogP contribution is 2.18. The lowest BCUT2D eigenvalue weighted by atomic mass is 10.1. The Kier molecular flexibility index (Phi) is 6.24. The fourth-order valence-electron chi connectivity index (χ4n) is 1.95. The van der Waals surface area contributed by atoms with E-state index in [0.29, 0.717) is 0 Å². The fourth-order valence-corrected chi connectivity index (χ4v) is 1.95. The molecule has 0 spiro atoms. The van der Waals surface area contributed by atoms with E-state index in [-0.39, 0.29) is 5.92 Å². The van der Waals surface area contributed by atoms with Crippen molar-refractivity contribution >= 4 is 0 Å². The number of likely N-dealkylation sites (N-methyl/N-ethyl adjacent to an activating group) is 1. The molecule has 0 aliphatic rings. The molecule has 0 bridgehead atoms. The van der Waals surface area contributed by atoms with Gasteiger partial charge in [0.25, 0.3) is 0 Å². The molecule has 3 heteroatoms. The molecule has 0 amide bonds. The van der Waals surface area contributed by atoms with Crippen molar-refractivity contribution in [1.29, 1.82) is 5.26 Å². The van der Waals surface area contributed by atoms with Gasteiger partial charge in [0.2, 0.25) is 0 Å². The van der Waals surface area contributed by atoms with Crippen molar-refractivity contribution in [3.63, 3.8) is 0 Å². The third-order valence-electron chi connectivity index (χ3n) is 3.16. The molecule has 0 saturated heterocycles. The smallest absolute Gasteiger partial charge is 0.122 e. The first-order chi connectivity index (χ1) is 8.71. The monoisotopic (exact) mass is 246 g/mol. The second-order valence-electron chi connectivity index (χ2n) is 4.56. The van der Waals surface area contributed by atoms with E-state index in [1.165, 1.54) is 5.56 Å². The van der Waals surface area contributed by atoms with E-state index in [0.717, 1.165) is 31.7 Å². The summed E-state index contributed by atoms with van der Waals surface area (Å²) in [6.07, 6.45) is 1.86. The van der Waals surface area contributed by atoms with Crippen LogP contribution in [-0.4, -0.2) is 32.1 Å². The summed E-state index contributed by atoms with van der Waals surface area (Å²) in [5, 5.41) is 8.95. The van der Waals surface area contributed by atoms with Gasteiger partial charge < -0.3 is 9.64 Å². The summed E-state index contributed by atoms with van der Waals surface area (Å²) in [7, 11) is 3.76. The van der Waals surface area contributed by atoms with Crippen molar-refractivity contribution < 1.29 is 4.74 Å². The first kappa shape index (κ1) is 14.5. The van der Waals surface area contributed by atoms with Crippen LogP contribution in [0.3, 0.4) is 0 Å². The quantitative estimate of drug-likeness (QED) is 0.742. The van der Waals surface area contributed by atoms with Gasteiger partial charge >= 0.3 is 0 Å². The Morgan fingerprint density at radius 1 is 1.39 bits per heavy atom. The standard InChI is InChI=1S/C15H22N2O/c1-4-13(11-16)12-17(2)10-9-14-7-5-6-8-15(14)18-3/h5-8,13H,4,9-10,12H2,1-3H3. The highest BCUT2D eigenvalue weighted by Gasteiger charge is 2.09. The summed E-state index contributed by atoms with van der Waals surface area (Å²) in [6, 6.07) is 10.4. The molecule has 1 atom stereocenters. The number of methoxy groups -OCH3 is 1. The van der Waals surface area contributed by atoms with Crippen LogP contribution in [0, 0.1) is 17.2 Å². The maximum absolute atomic E-state index is 8.95. The van der Waals surface area contributed by atoms with Gasteiger partial charge in [-0.05, 0) is 31.5 Å². The molecule has 0 saturated carbocycles. The average molecular weight is 246 g/mol. The highest BCUT2D eigenvalue weighted by atomic mass is 16.5. The predicted octanol–water partition coefficient (Wildman–Crippen LogP) is 2.72. The molecule has 0 aliphatic heterocycles. The Labute approximate surface area is 110 Å². The summed E-state index contributed by atoms with van der Waals surface area (Å²) in [6.45, 7) is 3.84. The number of nitriles is 1. The number of ether oxygens (including phenoxy) is 1. The Balaban J connectivity index is 2.47. The lowest BCUT2D eigenvalue weighted by molar-refractivity contribution is 0.301. The summed E-state index contributed by atoms with van der Waals surface area (Å²) < 4.78 is 5.33. The molecule has 0 fully saturated rings. The van der Waals surface area contributed by atoms with Gasteiger partial charge in [-0.2, -0.15) is 5.26 Å². The molecule has 1 aromatic rings. The lowest BCUT2D eigenvalue weighted by Crippen LogP contribution is -2.27. The number of nitrogens with zero attached hydrogens (tertiary/aromatic N) is 2. The van der Waals surface area contributed by atoms with Crippen LogP contribution < -0.4 is 4.74 Å². The Morgan fingerprint density at radius 3 is 2.72 bits per heavy atom. The van der Waals surface area contributed by atoms with Gasteiger partial charge in [-0.3, -0.25) is 0 Å². The molecule has 0 heterocycles. The topological polar surface area (TPSA) is 36.3 Å². The molecular weight excluding hydrogens is 224 g/mol. The van der Waals surface area contributed by atoms with Crippen LogP contribution in [0.25, 0.3) is 0 Å². The molecule has 0 N–H and O–H groups in total. The number of benzene rings is 1. The van der Waals surface area contributed by atoms with Crippen LogP contribution >= 0.6 is 0 Å². The van der Waals surface area contributed by atoms with E-state index >= 15 is 0 Å². The third-order valence-corrected chi connectivity index (χ3v) is 3.16. The van der Waals surface area contributed by atoms with Crippen LogP contribution in [0.5, 0.6) is 5.75 Å². The number of hydrogen-bond donors (Lipinski definition) is 0. The molecular formula is C15H22N2O. The molecule has 0 aromatic heterocycles. The van der Waals surface area contributed by atoms with Crippen LogP contribution in [0.2, 0.25) is 0 Å². The molecule has 98 valence electrons. The van der Waals surface area contributed by atoms with Crippen molar-refractivity contribution in [2.24, 2.45) is 5.92 Å². The van der Waals surface area contributed by atoms with Crippen LogP contribution in [0.15, 0.2) is 24.3 Å². The normalized spacial score (nSPS) is 12.2. The molecule has 18 heavy (non-hydrogen) atoms. The summed E-state index contributed by atoms with van der Waals surface area (Å²) in [5.41, 5.74) is 1.22. The SMILES string of the molecule is CCC(C#N)CN(C)CCc1ccccc1OC. The van der Waals surface area contributed by atoms with E-state index in [9.17, 15) is 0 Å². The molecule has 0 aliphatic carbocycles. The maximum atomic E-state index is 8.95. The van der Waals surface area contributed by atoms with Crippen molar-refractivity contribution in [3.05, 3.63) is 29.8 Å². The summed E-state index contributed by atoms with van der Waals surface area (Å²) in [4.78, 5) is 2.21. The van der Waals surface area contributed by atoms with E-state index in [4.69, 9.17) is 10.00 Å². The molecule has 0 radical (unpaired) electrons. The third kappa shape index (κ3) is 4.38. The molecule has 1 rings (SSSR count). The zero-order valence-corrected chi connectivity index (χ0v) is 11.5. The zero-order chi connectivity index (χ0) is 13.4. The van der Waals surface area contributed by atoms with Crippen molar-refractivity contribution in [2.75, 3.05) is 27.2 Å². The minimum absolute atomic E-state index is 0.132. The second kappa shape index (κ2) is 7.73. The van der Waals surface area contributed by atoms with Gasteiger partial charge in [-0.25, -0.2) is 0 Å². The van der Waals surface area contributed by atoms with Crippen LogP contribution in [0.4, 0.5) is 0 Å². The van der Waals surface area contributed by atoms with Crippen molar-refractivity contribution in [3.8, 4) is 11.8 Å². The van der Waals surface area contributed by atoms with E-state index in [1.54, 1.807) is 7.11 Å².